The topological polar surface area (TPSA) is 59.6 Å². The lowest BCUT2D eigenvalue weighted by Gasteiger charge is -2.03. The standard InChI is InChI=1S/C13H14N4/c1-8-12(11-7-15-13(14)17(11)2)9-5-3-4-6-10(9)16-8/h3-7,16H,1-2H3,(H2,14,15). The number of benzene rings is 1. The van der Waals surface area contributed by atoms with Crippen molar-refractivity contribution < 1.29 is 0 Å². The molecule has 0 saturated heterocycles. The monoisotopic (exact) mass is 226 g/mol. The van der Waals surface area contributed by atoms with Crippen LogP contribution >= 0.6 is 0 Å². The van der Waals surface area contributed by atoms with E-state index in [0.29, 0.717) is 5.95 Å². The first kappa shape index (κ1) is 9.96. The highest BCUT2D eigenvalue weighted by molar-refractivity contribution is 5.96. The summed E-state index contributed by atoms with van der Waals surface area (Å²) in [4.78, 5) is 7.53. The minimum atomic E-state index is 0.532. The minimum Gasteiger partial charge on any atom is -0.369 e. The third-order valence-electron chi connectivity index (χ3n) is 3.17. The van der Waals surface area contributed by atoms with Gasteiger partial charge in [0.15, 0.2) is 5.95 Å². The van der Waals surface area contributed by atoms with Crippen molar-refractivity contribution in [2.24, 2.45) is 7.05 Å². The molecule has 0 aliphatic heterocycles. The molecule has 0 fully saturated rings. The number of anilines is 1. The Bertz CT molecular complexity index is 691. The molecule has 17 heavy (non-hydrogen) atoms. The van der Waals surface area contributed by atoms with E-state index >= 15 is 0 Å². The first-order valence-corrected chi connectivity index (χ1v) is 5.53. The molecule has 86 valence electrons. The molecule has 2 aromatic heterocycles. The molecule has 0 spiro atoms. The molecule has 1 aromatic carbocycles. The number of hydrogen-bond acceptors (Lipinski definition) is 2. The Labute approximate surface area is 99.1 Å². The fourth-order valence-corrected chi connectivity index (χ4v) is 2.26. The normalized spacial score (nSPS) is 11.2. The molecule has 0 radical (unpaired) electrons. The van der Waals surface area contributed by atoms with Gasteiger partial charge in [0.2, 0.25) is 0 Å². The molecule has 0 saturated carbocycles. The van der Waals surface area contributed by atoms with Gasteiger partial charge in [0.25, 0.3) is 0 Å². The van der Waals surface area contributed by atoms with E-state index < -0.39 is 0 Å². The Morgan fingerprint density at radius 2 is 2.06 bits per heavy atom. The van der Waals surface area contributed by atoms with Gasteiger partial charge in [-0.3, -0.25) is 0 Å². The van der Waals surface area contributed by atoms with Crippen LogP contribution in [0.15, 0.2) is 30.5 Å². The first-order valence-electron chi connectivity index (χ1n) is 5.53. The third-order valence-corrected chi connectivity index (χ3v) is 3.17. The van der Waals surface area contributed by atoms with Crippen molar-refractivity contribution in [1.82, 2.24) is 14.5 Å². The fraction of sp³-hybridized carbons (Fsp3) is 0.154. The van der Waals surface area contributed by atoms with Gasteiger partial charge in [0, 0.05) is 29.2 Å². The summed E-state index contributed by atoms with van der Waals surface area (Å²) < 4.78 is 1.91. The van der Waals surface area contributed by atoms with Crippen molar-refractivity contribution in [2.75, 3.05) is 5.73 Å². The number of nitrogens with zero attached hydrogens (tertiary/aromatic N) is 2. The Hall–Kier alpha value is -2.23. The molecular weight excluding hydrogens is 212 g/mol. The van der Waals surface area contributed by atoms with Gasteiger partial charge in [-0.1, -0.05) is 18.2 Å². The smallest absolute Gasteiger partial charge is 0.200 e. The Morgan fingerprint density at radius 3 is 2.76 bits per heavy atom. The number of aromatic nitrogens is 3. The number of nitrogens with two attached hydrogens (primary N) is 1. The predicted molar refractivity (Wildman–Crippen MR) is 69.7 cm³/mol. The number of rotatable bonds is 1. The van der Waals surface area contributed by atoms with E-state index in [-0.39, 0.29) is 0 Å². The lowest BCUT2D eigenvalue weighted by Crippen LogP contribution is -1.98. The molecule has 4 heteroatoms. The van der Waals surface area contributed by atoms with Gasteiger partial charge in [0.1, 0.15) is 0 Å². The maximum Gasteiger partial charge on any atom is 0.200 e. The highest BCUT2D eigenvalue weighted by atomic mass is 15.1. The zero-order valence-electron chi connectivity index (χ0n) is 9.86. The number of hydrogen-bond donors (Lipinski definition) is 2. The van der Waals surface area contributed by atoms with E-state index in [1.165, 1.54) is 10.9 Å². The van der Waals surface area contributed by atoms with Crippen molar-refractivity contribution in [2.45, 2.75) is 6.92 Å². The summed E-state index contributed by atoms with van der Waals surface area (Å²) in [6, 6.07) is 8.25. The van der Waals surface area contributed by atoms with Crippen molar-refractivity contribution in [3.63, 3.8) is 0 Å². The molecule has 0 aliphatic rings. The summed E-state index contributed by atoms with van der Waals surface area (Å²) in [5, 5.41) is 1.20. The SMILES string of the molecule is Cc1[nH]c2ccccc2c1-c1cnc(N)n1C. The van der Waals surface area contributed by atoms with Gasteiger partial charge in [-0.15, -0.1) is 0 Å². The molecule has 3 rings (SSSR count). The van der Waals surface area contributed by atoms with Crippen LogP contribution in [0, 0.1) is 6.92 Å². The molecule has 0 amide bonds. The lowest BCUT2D eigenvalue weighted by molar-refractivity contribution is 0.938. The predicted octanol–water partition coefficient (Wildman–Crippen LogP) is 2.46. The Morgan fingerprint density at radius 1 is 1.29 bits per heavy atom. The molecule has 0 unspecified atom stereocenters. The van der Waals surface area contributed by atoms with Crippen LogP contribution in [0.25, 0.3) is 22.2 Å². The summed E-state index contributed by atoms with van der Waals surface area (Å²) in [7, 11) is 1.93. The molecular formula is C13H14N4. The van der Waals surface area contributed by atoms with Crippen molar-refractivity contribution >= 4 is 16.9 Å². The van der Waals surface area contributed by atoms with Crippen LogP contribution in [-0.4, -0.2) is 14.5 Å². The minimum absolute atomic E-state index is 0.532. The van der Waals surface area contributed by atoms with Crippen molar-refractivity contribution in [3.8, 4) is 11.3 Å². The number of para-hydroxylation sites is 1. The highest BCUT2D eigenvalue weighted by Gasteiger charge is 2.14. The average molecular weight is 226 g/mol. The van der Waals surface area contributed by atoms with Crippen LogP contribution in [0.2, 0.25) is 0 Å². The molecule has 0 bridgehead atoms. The van der Waals surface area contributed by atoms with Crippen molar-refractivity contribution in [3.05, 3.63) is 36.2 Å². The average Bonchev–Trinajstić information content (AvgIpc) is 2.80. The molecule has 2 heterocycles. The zero-order valence-corrected chi connectivity index (χ0v) is 9.86. The van der Waals surface area contributed by atoms with Crippen LogP contribution in [0.1, 0.15) is 5.69 Å². The van der Waals surface area contributed by atoms with Gasteiger partial charge in [-0.05, 0) is 13.0 Å². The lowest BCUT2D eigenvalue weighted by atomic mass is 10.1. The highest BCUT2D eigenvalue weighted by Crippen LogP contribution is 2.32. The molecule has 0 atom stereocenters. The second kappa shape index (κ2) is 3.38. The summed E-state index contributed by atoms with van der Waals surface area (Å²) in [5.41, 5.74) is 10.3. The van der Waals surface area contributed by atoms with Gasteiger partial charge >= 0.3 is 0 Å². The summed E-state index contributed by atoms with van der Waals surface area (Å²) in [6.45, 7) is 2.07. The van der Waals surface area contributed by atoms with Crippen LogP contribution in [0.5, 0.6) is 0 Å². The number of aromatic amines is 1. The van der Waals surface area contributed by atoms with E-state index in [4.69, 9.17) is 5.73 Å². The first-order chi connectivity index (χ1) is 8.18. The van der Waals surface area contributed by atoms with Gasteiger partial charge < -0.3 is 15.3 Å². The maximum absolute atomic E-state index is 5.78. The second-order valence-electron chi connectivity index (χ2n) is 4.23. The number of H-pyrrole nitrogens is 1. The van der Waals surface area contributed by atoms with Gasteiger partial charge in [-0.2, -0.15) is 0 Å². The van der Waals surface area contributed by atoms with E-state index in [9.17, 15) is 0 Å². The van der Waals surface area contributed by atoms with Crippen LogP contribution in [0.4, 0.5) is 5.95 Å². The number of nitrogens with one attached hydrogen (secondary N) is 1. The second-order valence-corrected chi connectivity index (χ2v) is 4.23. The van der Waals surface area contributed by atoms with E-state index in [2.05, 4.69) is 29.0 Å². The quantitative estimate of drug-likeness (QED) is 0.669. The van der Waals surface area contributed by atoms with Crippen LogP contribution < -0.4 is 5.73 Å². The fourth-order valence-electron chi connectivity index (χ4n) is 2.26. The maximum atomic E-state index is 5.78. The zero-order chi connectivity index (χ0) is 12.0. The van der Waals surface area contributed by atoms with E-state index in [1.54, 1.807) is 0 Å². The van der Waals surface area contributed by atoms with Crippen LogP contribution in [0.3, 0.4) is 0 Å². The summed E-state index contributed by atoms with van der Waals surface area (Å²) in [6.07, 6.45) is 1.82. The Kier molecular flexibility index (Phi) is 1.98. The molecule has 4 nitrogen and oxygen atoms in total. The number of fused-ring (bicyclic) bond motifs is 1. The number of aryl methyl sites for hydroxylation is 1. The van der Waals surface area contributed by atoms with Gasteiger partial charge in [-0.25, -0.2) is 4.98 Å². The summed E-state index contributed by atoms with van der Waals surface area (Å²) in [5.74, 6) is 0.532. The van der Waals surface area contributed by atoms with Crippen LogP contribution in [-0.2, 0) is 7.05 Å². The van der Waals surface area contributed by atoms with Gasteiger partial charge in [0.05, 0.1) is 11.9 Å². The molecule has 3 aromatic rings. The third kappa shape index (κ3) is 1.34. The number of imidazole rings is 1. The molecule has 0 aliphatic carbocycles. The largest absolute Gasteiger partial charge is 0.369 e. The number of nitrogen functional groups attached to an aromatic ring is 1. The van der Waals surface area contributed by atoms with E-state index in [0.717, 1.165) is 16.9 Å². The van der Waals surface area contributed by atoms with E-state index in [1.807, 2.05) is 29.9 Å². The molecule has 3 N–H and O–H groups in total. The van der Waals surface area contributed by atoms with Crippen molar-refractivity contribution in [1.29, 1.82) is 0 Å². The summed E-state index contributed by atoms with van der Waals surface area (Å²) >= 11 is 0. The Balaban J connectivity index is 2.37.